The summed E-state index contributed by atoms with van der Waals surface area (Å²) >= 11 is 1.89. The Labute approximate surface area is 244 Å². The smallest absolute Gasteiger partial charge is 0.0555 e. The second-order valence-corrected chi connectivity index (χ2v) is 11.4. The zero-order chi connectivity index (χ0) is 28.1. The number of benzene rings is 3. The van der Waals surface area contributed by atoms with Crippen LogP contribution in [0.5, 0.6) is 0 Å². The molecule has 3 heteroatoms. The van der Waals surface area contributed by atoms with E-state index in [4.69, 9.17) is 0 Å². The third-order valence-corrected chi connectivity index (χ3v) is 9.38. The Morgan fingerprint density at radius 1 is 0.707 bits per heavy atom. The maximum Gasteiger partial charge on any atom is 0.0555 e. The molecule has 7 rings (SSSR count). The Hall–Kier alpha value is -4.60. The highest BCUT2D eigenvalue weighted by Crippen LogP contribution is 2.47. The van der Waals surface area contributed by atoms with Crippen molar-refractivity contribution in [2.75, 3.05) is 0 Å². The van der Waals surface area contributed by atoms with Crippen LogP contribution in [0.4, 0.5) is 0 Å². The first-order chi connectivity index (χ1) is 20.2. The number of thiophene rings is 1. The van der Waals surface area contributed by atoms with Gasteiger partial charge in [-0.3, -0.25) is 0 Å². The lowest BCUT2D eigenvalue weighted by Crippen LogP contribution is -1.99. The van der Waals surface area contributed by atoms with Crippen molar-refractivity contribution in [2.24, 2.45) is 0 Å². The first kappa shape index (κ1) is 25.4. The summed E-state index contributed by atoms with van der Waals surface area (Å²) in [6, 6.07) is 19.8. The maximum atomic E-state index is 4.29. The molecule has 0 saturated carbocycles. The van der Waals surface area contributed by atoms with Crippen LogP contribution in [0.3, 0.4) is 0 Å². The van der Waals surface area contributed by atoms with Crippen molar-refractivity contribution in [3.05, 3.63) is 121 Å². The van der Waals surface area contributed by atoms with Crippen molar-refractivity contribution in [3.63, 3.8) is 0 Å². The van der Waals surface area contributed by atoms with Crippen LogP contribution in [0, 0.1) is 0 Å². The van der Waals surface area contributed by atoms with Gasteiger partial charge in [0, 0.05) is 53.5 Å². The van der Waals surface area contributed by atoms with E-state index in [9.17, 15) is 0 Å². The van der Waals surface area contributed by atoms with E-state index >= 15 is 0 Å². The van der Waals surface area contributed by atoms with Crippen LogP contribution in [-0.4, -0.2) is 9.13 Å². The summed E-state index contributed by atoms with van der Waals surface area (Å²) in [5.74, 6) is 0. The van der Waals surface area contributed by atoms with Gasteiger partial charge in [0.25, 0.3) is 0 Å². The van der Waals surface area contributed by atoms with Gasteiger partial charge in [0.1, 0.15) is 0 Å². The minimum absolute atomic E-state index is 1.06. The molecule has 3 aromatic heterocycles. The van der Waals surface area contributed by atoms with Gasteiger partial charge in [-0.1, -0.05) is 79.9 Å². The van der Waals surface area contributed by atoms with Crippen molar-refractivity contribution in [2.45, 2.75) is 26.7 Å². The standard InChI is InChI=1S/C38H32N2S/c1-5-15-31-27(7-3)35-33(39(31)25-17-11-9-12-18-25)23-21-29-30-22-24-34-36(38(30)41-37(29)35)28(8-4)32(16-6-2)40(34)26-19-13-10-14-20-26/h5-9,11-13,15-24H,3-4,10,14H2,1-2H3/b15-5-,16-6-. The average Bonchev–Trinajstić information content (AvgIpc) is 3.65. The molecule has 0 unspecified atom stereocenters. The SMILES string of the molecule is C=Cc1c(/C=C\C)n(C2=CCCC=C2)c2ccc3c4ccc5c(c(C=C)c(/C=C\C)n5-c5ccccc5)c4sc3c12. The van der Waals surface area contributed by atoms with Crippen LogP contribution in [0.15, 0.2) is 98.1 Å². The van der Waals surface area contributed by atoms with Gasteiger partial charge < -0.3 is 9.13 Å². The second-order valence-electron chi connectivity index (χ2n) is 10.4. The van der Waals surface area contributed by atoms with Crippen molar-refractivity contribution in [1.82, 2.24) is 9.13 Å². The Balaban J connectivity index is 1.64. The number of allylic oxidation sites excluding steroid dienone is 6. The molecule has 1 aliphatic rings. The van der Waals surface area contributed by atoms with Crippen LogP contribution in [-0.2, 0) is 0 Å². The first-order valence-corrected chi connectivity index (χ1v) is 15.1. The molecule has 0 amide bonds. The molecule has 0 saturated heterocycles. The lowest BCUT2D eigenvalue weighted by Gasteiger charge is -2.13. The topological polar surface area (TPSA) is 9.86 Å². The number of hydrogen-bond acceptors (Lipinski definition) is 1. The molecule has 200 valence electrons. The Bertz CT molecular complexity index is 2130. The van der Waals surface area contributed by atoms with Crippen molar-refractivity contribution in [3.8, 4) is 5.69 Å². The van der Waals surface area contributed by atoms with E-state index in [1.54, 1.807) is 0 Å². The molecule has 0 aliphatic heterocycles. The number of nitrogens with zero attached hydrogens (tertiary/aromatic N) is 2. The summed E-state index contributed by atoms with van der Waals surface area (Å²) < 4.78 is 7.38. The molecule has 0 spiro atoms. The fraction of sp³-hybridized carbons (Fsp3) is 0.105. The van der Waals surface area contributed by atoms with E-state index in [-0.39, 0.29) is 0 Å². The van der Waals surface area contributed by atoms with E-state index in [2.05, 4.69) is 133 Å². The van der Waals surface area contributed by atoms with Crippen LogP contribution in [0.25, 0.3) is 77.7 Å². The lowest BCUT2D eigenvalue weighted by molar-refractivity contribution is 1.01. The quantitative estimate of drug-likeness (QED) is 0.196. The Morgan fingerprint density at radius 2 is 1.29 bits per heavy atom. The third-order valence-electron chi connectivity index (χ3n) is 8.13. The van der Waals surface area contributed by atoms with Gasteiger partial charge in [-0.25, -0.2) is 0 Å². The predicted octanol–water partition coefficient (Wildman–Crippen LogP) is 11.5. The van der Waals surface area contributed by atoms with Gasteiger partial charge in [0.15, 0.2) is 0 Å². The van der Waals surface area contributed by atoms with Gasteiger partial charge in [0.05, 0.1) is 22.4 Å². The molecule has 6 aromatic rings. The van der Waals surface area contributed by atoms with Gasteiger partial charge in [0.2, 0.25) is 0 Å². The summed E-state index contributed by atoms with van der Waals surface area (Å²) in [7, 11) is 0. The number of aromatic nitrogens is 2. The van der Waals surface area contributed by atoms with E-state index in [1.807, 2.05) is 23.5 Å². The predicted molar refractivity (Wildman–Crippen MR) is 184 cm³/mol. The summed E-state index contributed by atoms with van der Waals surface area (Å²) in [4.78, 5) is 0. The van der Waals surface area contributed by atoms with Crippen LogP contribution in [0.2, 0.25) is 0 Å². The molecule has 1 aliphatic carbocycles. The number of fused-ring (bicyclic) bond motifs is 7. The molecular weight excluding hydrogens is 516 g/mol. The number of rotatable bonds is 6. The van der Waals surface area contributed by atoms with Crippen molar-refractivity contribution in [1.29, 1.82) is 0 Å². The third kappa shape index (κ3) is 3.69. The van der Waals surface area contributed by atoms with E-state index < -0.39 is 0 Å². The van der Waals surface area contributed by atoms with Crippen LogP contribution < -0.4 is 0 Å². The van der Waals surface area contributed by atoms with Crippen LogP contribution in [0.1, 0.15) is 49.2 Å². The molecule has 41 heavy (non-hydrogen) atoms. The van der Waals surface area contributed by atoms with Gasteiger partial charge in [-0.15, -0.1) is 11.3 Å². The molecule has 0 bridgehead atoms. The van der Waals surface area contributed by atoms with Crippen molar-refractivity contribution < 1.29 is 0 Å². The Morgan fingerprint density at radius 3 is 1.83 bits per heavy atom. The van der Waals surface area contributed by atoms with Crippen LogP contribution >= 0.6 is 11.3 Å². The maximum absolute atomic E-state index is 4.29. The fourth-order valence-corrected chi connectivity index (χ4v) is 7.90. The van der Waals surface area contributed by atoms with Gasteiger partial charge in [-0.2, -0.15) is 0 Å². The number of para-hydroxylation sites is 1. The largest absolute Gasteiger partial charge is 0.310 e. The summed E-state index contributed by atoms with van der Waals surface area (Å²) in [5.41, 5.74) is 9.50. The monoisotopic (exact) mass is 548 g/mol. The van der Waals surface area contributed by atoms with Gasteiger partial charge >= 0.3 is 0 Å². The molecule has 2 nitrogen and oxygen atoms in total. The van der Waals surface area contributed by atoms with E-state index in [1.165, 1.54) is 64.5 Å². The molecule has 0 N–H and O–H groups in total. The highest BCUT2D eigenvalue weighted by molar-refractivity contribution is 7.27. The zero-order valence-electron chi connectivity index (χ0n) is 23.5. The summed E-state index contributed by atoms with van der Waals surface area (Å²) in [5, 5.41) is 5.10. The average molecular weight is 549 g/mol. The van der Waals surface area contributed by atoms with Crippen molar-refractivity contribution >= 4 is 83.3 Å². The summed E-state index contributed by atoms with van der Waals surface area (Å²) in [6.45, 7) is 12.7. The molecule has 0 radical (unpaired) electrons. The molecule has 0 fully saturated rings. The van der Waals surface area contributed by atoms with E-state index in [0.29, 0.717) is 0 Å². The molecule has 3 aromatic carbocycles. The van der Waals surface area contributed by atoms with E-state index in [0.717, 1.165) is 24.2 Å². The zero-order valence-corrected chi connectivity index (χ0v) is 24.3. The van der Waals surface area contributed by atoms with Gasteiger partial charge in [-0.05, 0) is 69.2 Å². The minimum Gasteiger partial charge on any atom is -0.310 e. The number of hydrogen-bond donors (Lipinski definition) is 0. The second kappa shape index (κ2) is 10.1. The lowest BCUT2D eigenvalue weighted by atomic mass is 10.0. The Kier molecular flexibility index (Phi) is 6.25. The normalized spacial score (nSPS) is 14.0. The highest BCUT2D eigenvalue weighted by Gasteiger charge is 2.23. The minimum atomic E-state index is 1.06. The molecular formula is C38H32N2S. The highest BCUT2D eigenvalue weighted by atomic mass is 32.1. The molecule has 0 atom stereocenters. The first-order valence-electron chi connectivity index (χ1n) is 14.3. The summed E-state index contributed by atoms with van der Waals surface area (Å²) in [6.07, 6.45) is 21.8. The fourth-order valence-electron chi connectivity index (χ4n) is 6.49. The molecule has 3 heterocycles.